The summed E-state index contributed by atoms with van der Waals surface area (Å²) in [5.74, 6) is -0.740. The third-order valence-corrected chi connectivity index (χ3v) is 8.93. The number of pyridine rings is 1. The molecular formula is C32H33N5O5S. The molecule has 1 atom stereocenters. The average Bonchev–Trinajstić information content (AvgIpc) is 3.01. The summed E-state index contributed by atoms with van der Waals surface area (Å²) in [6.07, 6.45) is 2.35. The van der Waals surface area contributed by atoms with Crippen LogP contribution in [0.25, 0.3) is 11.1 Å². The van der Waals surface area contributed by atoms with Gasteiger partial charge in [-0.05, 0) is 53.8 Å². The van der Waals surface area contributed by atoms with E-state index in [9.17, 15) is 28.4 Å². The second-order valence-corrected chi connectivity index (χ2v) is 11.9. The first kappa shape index (κ1) is 31.1. The summed E-state index contributed by atoms with van der Waals surface area (Å²) in [6, 6.07) is 19.5. The number of sulfone groups is 1. The zero-order valence-corrected chi connectivity index (χ0v) is 25.1. The molecule has 0 saturated carbocycles. The molecule has 0 spiro atoms. The monoisotopic (exact) mass is 599 g/mol. The van der Waals surface area contributed by atoms with Crippen LogP contribution in [0.3, 0.4) is 0 Å². The fourth-order valence-electron chi connectivity index (χ4n) is 4.92. The van der Waals surface area contributed by atoms with Crippen molar-refractivity contribution in [2.24, 2.45) is 0 Å². The number of aryl methyl sites for hydroxylation is 1. The molecule has 2 aromatic carbocycles. The Morgan fingerprint density at radius 2 is 1.77 bits per heavy atom. The predicted octanol–water partition coefficient (Wildman–Crippen LogP) is 4.35. The van der Waals surface area contributed by atoms with Crippen LogP contribution in [0.1, 0.15) is 61.9 Å². The lowest BCUT2D eigenvalue weighted by molar-refractivity contribution is -0.119. The lowest BCUT2D eigenvalue weighted by Crippen LogP contribution is -2.34. The molecule has 0 radical (unpaired) electrons. The molecule has 0 aliphatic rings. The van der Waals surface area contributed by atoms with Gasteiger partial charge in [0.25, 0.3) is 5.56 Å². The third-order valence-electron chi connectivity index (χ3n) is 7.15. The summed E-state index contributed by atoms with van der Waals surface area (Å²) in [5, 5.41) is 22.8. The van der Waals surface area contributed by atoms with Crippen LogP contribution in [0.2, 0.25) is 0 Å². The number of likely N-dealkylation sites (N-methyl/N-ethyl adjacent to an activating group) is 1. The van der Waals surface area contributed by atoms with Crippen LogP contribution in [0.5, 0.6) is 5.88 Å². The Hall–Kier alpha value is -4.82. The molecule has 0 aliphatic carbocycles. The Balaban J connectivity index is 1.80. The van der Waals surface area contributed by atoms with Gasteiger partial charge in [0.05, 0.1) is 23.1 Å². The van der Waals surface area contributed by atoms with E-state index in [1.54, 1.807) is 37.4 Å². The van der Waals surface area contributed by atoms with Crippen LogP contribution >= 0.6 is 0 Å². The van der Waals surface area contributed by atoms with Crippen molar-refractivity contribution < 1.29 is 18.3 Å². The number of aromatic hydroxyl groups is 1. The van der Waals surface area contributed by atoms with Crippen molar-refractivity contribution in [3.63, 3.8) is 0 Å². The van der Waals surface area contributed by atoms with Crippen molar-refractivity contribution in [1.82, 2.24) is 19.9 Å². The lowest BCUT2D eigenvalue weighted by Gasteiger charge is -2.22. The highest BCUT2D eigenvalue weighted by atomic mass is 32.2. The van der Waals surface area contributed by atoms with E-state index in [1.807, 2.05) is 44.2 Å². The second kappa shape index (κ2) is 13.4. The van der Waals surface area contributed by atoms with Gasteiger partial charge in [-0.2, -0.15) is 10.2 Å². The van der Waals surface area contributed by atoms with Crippen LogP contribution in [0.15, 0.2) is 81.3 Å². The van der Waals surface area contributed by atoms with E-state index in [1.165, 1.54) is 16.7 Å². The van der Waals surface area contributed by atoms with Crippen molar-refractivity contribution in [3.05, 3.63) is 99.9 Å². The maximum absolute atomic E-state index is 14.0. The van der Waals surface area contributed by atoms with Gasteiger partial charge in [0.1, 0.15) is 17.6 Å². The van der Waals surface area contributed by atoms with E-state index >= 15 is 0 Å². The van der Waals surface area contributed by atoms with Crippen molar-refractivity contribution in [2.45, 2.75) is 61.8 Å². The van der Waals surface area contributed by atoms with Gasteiger partial charge in [0.2, 0.25) is 21.6 Å². The van der Waals surface area contributed by atoms with Crippen LogP contribution in [-0.4, -0.2) is 41.0 Å². The number of carbonyl (C=O) groups excluding carboxylic acids is 1. The third kappa shape index (κ3) is 6.65. The zero-order chi connectivity index (χ0) is 31.1. The molecular weight excluding hydrogens is 566 g/mol. The number of benzene rings is 2. The number of unbranched alkanes of at least 4 members (excludes halogenated alkanes) is 1. The van der Waals surface area contributed by atoms with Gasteiger partial charge >= 0.3 is 0 Å². The molecule has 4 aromatic rings. The molecule has 11 heteroatoms. The summed E-state index contributed by atoms with van der Waals surface area (Å²) >= 11 is 0. The van der Waals surface area contributed by atoms with Gasteiger partial charge in [-0.25, -0.2) is 13.4 Å². The zero-order valence-electron chi connectivity index (χ0n) is 24.2. The van der Waals surface area contributed by atoms with E-state index in [2.05, 4.69) is 15.3 Å². The molecule has 0 unspecified atom stereocenters. The highest BCUT2D eigenvalue weighted by Crippen LogP contribution is 2.30. The van der Waals surface area contributed by atoms with Crippen molar-refractivity contribution in [2.75, 3.05) is 7.05 Å². The fourth-order valence-corrected chi connectivity index (χ4v) is 6.26. The molecule has 0 fully saturated rings. The van der Waals surface area contributed by atoms with Gasteiger partial charge in [-0.3, -0.25) is 14.2 Å². The van der Waals surface area contributed by atoms with E-state index in [0.717, 1.165) is 17.5 Å². The molecule has 222 valence electrons. The number of nitriles is 1. The summed E-state index contributed by atoms with van der Waals surface area (Å²) in [6.45, 7) is 3.79. The molecule has 4 rings (SSSR count). The predicted molar refractivity (Wildman–Crippen MR) is 161 cm³/mol. The summed E-state index contributed by atoms with van der Waals surface area (Å²) in [4.78, 5) is 33.4. The first-order valence-electron chi connectivity index (χ1n) is 14.0. The first-order valence-corrected chi connectivity index (χ1v) is 15.5. The Bertz CT molecular complexity index is 1840. The smallest absolute Gasteiger partial charge is 0.277 e. The molecule has 43 heavy (non-hydrogen) atoms. The number of carbonyl (C=O) groups is 1. The molecule has 0 bridgehead atoms. The van der Waals surface area contributed by atoms with E-state index < -0.39 is 32.2 Å². The Kier molecular flexibility index (Phi) is 9.73. The standard InChI is InChI=1S/C32H33N5O5S/c1-4-6-13-28-36-31(39)30(32(40)37(28)27(5-2)26-12-8-11-24(20-33)35-26)43(41,42)25-16-14-22(15-17-25)23-10-7-9-21(18-23)19-29(38)34-3/h7-12,14-18,27,39H,4-6,13,19H2,1-3H3,(H,34,38)/t27-/m0/s1. The van der Waals surface area contributed by atoms with Crippen molar-refractivity contribution in [3.8, 4) is 23.1 Å². The molecule has 10 nitrogen and oxygen atoms in total. The van der Waals surface area contributed by atoms with E-state index in [0.29, 0.717) is 30.5 Å². The van der Waals surface area contributed by atoms with Gasteiger partial charge in [-0.15, -0.1) is 0 Å². The van der Waals surface area contributed by atoms with E-state index in [-0.39, 0.29) is 28.7 Å². The number of nitrogens with zero attached hydrogens (tertiary/aromatic N) is 4. The normalized spacial score (nSPS) is 12.0. The summed E-state index contributed by atoms with van der Waals surface area (Å²) in [5.41, 5.74) is 1.98. The topological polar surface area (TPSA) is 155 Å². The van der Waals surface area contributed by atoms with Gasteiger partial charge in [-0.1, -0.05) is 62.7 Å². The summed E-state index contributed by atoms with van der Waals surface area (Å²) in [7, 11) is -2.93. The Labute approximate surface area is 250 Å². The largest absolute Gasteiger partial charge is 0.492 e. The quantitative estimate of drug-likeness (QED) is 0.258. The number of amides is 1. The first-order chi connectivity index (χ1) is 20.6. The van der Waals surface area contributed by atoms with Gasteiger partial charge in [0.15, 0.2) is 4.90 Å². The molecule has 1 amide bonds. The maximum Gasteiger partial charge on any atom is 0.277 e. The summed E-state index contributed by atoms with van der Waals surface area (Å²) < 4.78 is 29.0. The maximum atomic E-state index is 14.0. The number of aromatic nitrogens is 3. The molecule has 2 heterocycles. The molecule has 2 N–H and O–H groups in total. The minimum Gasteiger partial charge on any atom is -0.492 e. The number of rotatable bonds is 11. The van der Waals surface area contributed by atoms with Crippen molar-refractivity contribution in [1.29, 1.82) is 5.26 Å². The van der Waals surface area contributed by atoms with Crippen LogP contribution in [0.4, 0.5) is 0 Å². The number of nitrogens with one attached hydrogen (secondary N) is 1. The second-order valence-electron chi connectivity index (χ2n) is 10.0. The highest BCUT2D eigenvalue weighted by molar-refractivity contribution is 7.91. The highest BCUT2D eigenvalue weighted by Gasteiger charge is 2.32. The van der Waals surface area contributed by atoms with Crippen LogP contribution < -0.4 is 10.9 Å². The average molecular weight is 600 g/mol. The minimum atomic E-state index is -4.49. The lowest BCUT2D eigenvalue weighted by atomic mass is 10.0. The SMILES string of the molecule is CCCCc1nc(O)c(S(=O)(=O)c2ccc(-c3cccc(CC(=O)NC)c3)cc2)c(=O)n1[C@@H](CC)c1cccc(C#N)n1. The fraction of sp³-hybridized carbons (Fsp3) is 0.281. The molecule has 0 aliphatic heterocycles. The van der Waals surface area contributed by atoms with Crippen molar-refractivity contribution >= 4 is 15.7 Å². The van der Waals surface area contributed by atoms with Gasteiger partial charge < -0.3 is 10.4 Å². The van der Waals surface area contributed by atoms with Gasteiger partial charge in [0, 0.05) is 13.5 Å². The molecule has 2 aromatic heterocycles. The Morgan fingerprint density at radius 3 is 2.42 bits per heavy atom. The number of hydrogen-bond acceptors (Lipinski definition) is 8. The van der Waals surface area contributed by atoms with E-state index in [4.69, 9.17) is 0 Å². The minimum absolute atomic E-state index is 0.128. The van der Waals surface area contributed by atoms with Crippen LogP contribution in [-0.2, 0) is 27.5 Å². The molecule has 0 saturated heterocycles. The number of hydrogen-bond donors (Lipinski definition) is 2. The Morgan fingerprint density at radius 1 is 1.05 bits per heavy atom. The van der Waals surface area contributed by atoms with Crippen LogP contribution in [0, 0.1) is 11.3 Å².